The Hall–Kier alpha value is -3.10. The van der Waals surface area contributed by atoms with Gasteiger partial charge in [-0.25, -0.2) is 14.4 Å². The molecule has 0 aliphatic heterocycles. The summed E-state index contributed by atoms with van der Waals surface area (Å²) in [7, 11) is 0. The van der Waals surface area contributed by atoms with E-state index >= 15 is 0 Å². The van der Waals surface area contributed by atoms with Crippen LogP contribution in [0, 0.1) is 0 Å². The standard InChI is InChI=1S/C18H23NO8/c1-18(2,3)27-17(25)19(13(15(22)23)9-10-14(20)21)16(24)26-11-12-7-5-4-6-8-12/h4-8,13H,9-11H2,1-3H3,(H,20,21)(H,22,23)/t13-/m0/s1. The fourth-order valence-electron chi connectivity index (χ4n) is 2.05. The van der Waals surface area contributed by atoms with E-state index in [2.05, 4.69) is 0 Å². The van der Waals surface area contributed by atoms with Crippen LogP contribution >= 0.6 is 0 Å². The van der Waals surface area contributed by atoms with Gasteiger partial charge < -0.3 is 19.7 Å². The number of amides is 2. The Labute approximate surface area is 156 Å². The first-order valence-corrected chi connectivity index (χ1v) is 8.18. The molecule has 9 nitrogen and oxygen atoms in total. The van der Waals surface area contributed by atoms with E-state index in [-0.39, 0.29) is 6.61 Å². The van der Waals surface area contributed by atoms with E-state index in [9.17, 15) is 24.3 Å². The monoisotopic (exact) mass is 381 g/mol. The molecular formula is C18H23NO8. The van der Waals surface area contributed by atoms with E-state index in [1.54, 1.807) is 51.1 Å². The normalized spacial score (nSPS) is 12.0. The number of aliphatic carboxylic acids is 2. The van der Waals surface area contributed by atoms with E-state index in [1.807, 2.05) is 0 Å². The zero-order chi connectivity index (χ0) is 20.6. The average Bonchev–Trinajstić information content (AvgIpc) is 2.55. The first-order chi connectivity index (χ1) is 12.5. The van der Waals surface area contributed by atoms with Crippen LogP contribution in [0.15, 0.2) is 30.3 Å². The summed E-state index contributed by atoms with van der Waals surface area (Å²) in [6.45, 7) is 4.45. The van der Waals surface area contributed by atoms with Crippen molar-refractivity contribution in [2.75, 3.05) is 0 Å². The van der Waals surface area contributed by atoms with Gasteiger partial charge in [0.15, 0.2) is 0 Å². The maximum absolute atomic E-state index is 12.4. The van der Waals surface area contributed by atoms with Crippen LogP contribution in [0.4, 0.5) is 9.59 Å². The lowest BCUT2D eigenvalue weighted by Gasteiger charge is -2.29. The van der Waals surface area contributed by atoms with Gasteiger partial charge in [0.1, 0.15) is 18.2 Å². The van der Waals surface area contributed by atoms with Crippen molar-refractivity contribution in [1.29, 1.82) is 0 Å². The smallest absolute Gasteiger partial charge is 0.420 e. The van der Waals surface area contributed by atoms with Gasteiger partial charge in [-0.1, -0.05) is 30.3 Å². The first kappa shape index (κ1) is 21.9. The third kappa shape index (κ3) is 7.76. The molecule has 1 atom stereocenters. The molecule has 0 saturated carbocycles. The van der Waals surface area contributed by atoms with Crippen molar-refractivity contribution in [1.82, 2.24) is 4.90 Å². The highest BCUT2D eigenvalue weighted by atomic mass is 16.6. The predicted octanol–water partition coefficient (Wildman–Crippen LogP) is 2.88. The Kier molecular flexibility index (Phi) is 7.77. The van der Waals surface area contributed by atoms with Crippen LogP contribution in [0.3, 0.4) is 0 Å². The number of carbonyl (C=O) groups excluding carboxylic acids is 2. The quantitative estimate of drug-likeness (QED) is 0.737. The van der Waals surface area contributed by atoms with Crippen molar-refractivity contribution < 1.29 is 38.9 Å². The van der Waals surface area contributed by atoms with Crippen LogP contribution in [0.2, 0.25) is 0 Å². The Bertz CT molecular complexity index is 680. The maximum atomic E-state index is 12.4. The summed E-state index contributed by atoms with van der Waals surface area (Å²) >= 11 is 0. The molecule has 0 aromatic heterocycles. The van der Waals surface area contributed by atoms with Crippen LogP contribution in [0.5, 0.6) is 0 Å². The summed E-state index contributed by atoms with van der Waals surface area (Å²) in [6.07, 6.45) is -3.49. The summed E-state index contributed by atoms with van der Waals surface area (Å²) < 4.78 is 10.1. The van der Waals surface area contributed by atoms with Gasteiger partial charge in [0, 0.05) is 6.42 Å². The molecule has 2 amide bonds. The zero-order valence-corrected chi connectivity index (χ0v) is 15.4. The Morgan fingerprint density at radius 3 is 2.11 bits per heavy atom. The minimum Gasteiger partial charge on any atom is -0.481 e. The molecule has 0 unspecified atom stereocenters. The highest BCUT2D eigenvalue weighted by Crippen LogP contribution is 2.17. The number of imide groups is 1. The summed E-state index contributed by atoms with van der Waals surface area (Å²) in [5.74, 6) is -2.80. The van der Waals surface area contributed by atoms with Crippen LogP contribution < -0.4 is 0 Å². The molecule has 1 rings (SSSR count). The van der Waals surface area contributed by atoms with Crippen molar-refractivity contribution in [2.24, 2.45) is 0 Å². The SMILES string of the molecule is CC(C)(C)OC(=O)N(C(=O)OCc1ccccc1)[C@@H](CCC(=O)O)C(=O)O. The van der Waals surface area contributed by atoms with E-state index in [4.69, 9.17) is 14.6 Å². The topological polar surface area (TPSA) is 130 Å². The third-order valence-electron chi connectivity index (χ3n) is 3.22. The number of ether oxygens (including phenoxy) is 2. The lowest BCUT2D eigenvalue weighted by molar-refractivity contribution is -0.144. The molecule has 27 heavy (non-hydrogen) atoms. The molecule has 2 N–H and O–H groups in total. The summed E-state index contributed by atoms with van der Waals surface area (Å²) in [5.41, 5.74) is -0.363. The van der Waals surface area contributed by atoms with Crippen molar-refractivity contribution in [3.63, 3.8) is 0 Å². The molecule has 0 bridgehead atoms. The predicted molar refractivity (Wildman–Crippen MR) is 93.0 cm³/mol. The van der Waals surface area contributed by atoms with Gasteiger partial charge in [0.2, 0.25) is 0 Å². The van der Waals surface area contributed by atoms with E-state index in [0.29, 0.717) is 10.5 Å². The molecule has 1 aromatic carbocycles. The van der Waals surface area contributed by atoms with Crippen LogP contribution in [0.1, 0.15) is 39.2 Å². The maximum Gasteiger partial charge on any atom is 0.420 e. The Morgan fingerprint density at radius 2 is 1.63 bits per heavy atom. The van der Waals surface area contributed by atoms with E-state index in [1.165, 1.54) is 0 Å². The van der Waals surface area contributed by atoms with Gasteiger partial charge in [-0.15, -0.1) is 0 Å². The molecule has 0 aliphatic carbocycles. The number of carbonyl (C=O) groups is 4. The lowest BCUT2D eigenvalue weighted by atomic mass is 10.1. The van der Waals surface area contributed by atoms with E-state index in [0.717, 1.165) is 0 Å². The van der Waals surface area contributed by atoms with Gasteiger partial charge in [-0.05, 0) is 32.8 Å². The second-order valence-electron chi connectivity index (χ2n) is 6.68. The zero-order valence-electron chi connectivity index (χ0n) is 15.4. The molecule has 1 aromatic rings. The Balaban J connectivity index is 3.02. The van der Waals surface area contributed by atoms with Gasteiger partial charge in [-0.2, -0.15) is 4.90 Å². The fraction of sp³-hybridized carbons (Fsp3) is 0.444. The highest BCUT2D eigenvalue weighted by molar-refractivity contribution is 5.93. The van der Waals surface area contributed by atoms with Crippen molar-refractivity contribution >= 4 is 24.1 Å². The van der Waals surface area contributed by atoms with Gasteiger partial charge in [-0.3, -0.25) is 4.79 Å². The number of rotatable bonds is 7. The van der Waals surface area contributed by atoms with Crippen LogP contribution in [-0.4, -0.2) is 50.9 Å². The van der Waals surface area contributed by atoms with Crippen LogP contribution in [-0.2, 0) is 25.7 Å². The molecule has 0 saturated heterocycles. The summed E-state index contributed by atoms with van der Waals surface area (Å²) in [6, 6.07) is 6.85. The molecule has 148 valence electrons. The van der Waals surface area contributed by atoms with Crippen molar-refractivity contribution in [2.45, 2.75) is 51.9 Å². The minimum atomic E-state index is -1.74. The summed E-state index contributed by atoms with van der Waals surface area (Å²) in [4.78, 5) is 47.5. The number of hydrogen-bond acceptors (Lipinski definition) is 6. The van der Waals surface area contributed by atoms with Crippen molar-refractivity contribution in [3.8, 4) is 0 Å². The highest BCUT2D eigenvalue weighted by Gasteiger charge is 2.39. The second kappa shape index (κ2) is 9.56. The first-order valence-electron chi connectivity index (χ1n) is 8.18. The Morgan fingerprint density at radius 1 is 1.04 bits per heavy atom. The average molecular weight is 381 g/mol. The molecular weight excluding hydrogens is 358 g/mol. The van der Waals surface area contributed by atoms with Gasteiger partial charge >= 0.3 is 24.1 Å². The van der Waals surface area contributed by atoms with Crippen LogP contribution in [0.25, 0.3) is 0 Å². The second-order valence-corrected chi connectivity index (χ2v) is 6.68. The molecule has 0 heterocycles. The number of nitrogens with zero attached hydrogens (tertiary/aromatic N) is 1. The molecule has 0 fully saturated rings. The molecule has 9 heteroatoms. The summed E-state index contributed by atoms with van der Waals surface area (Å²) in [5, 5.41) is 18.2. The number of benzene rings is 1. The van der Waals surface area contributed by atoms with Crippen molar-refractivity contribution in [3.05, 3.63) is 35.9 Å². The number of carboxylic acid groups (broad SMARTS) is 2. The lowest BCUT2D eigenvalue weighted by Crippen LogP contribution is -2.50. The molecule has 0 aliphatic rings. The third-order valence-corrected chi connectivity index (χ3v) is 3.22. The largest absolute Gasteiger partial charge is 0.481 e. The van der Waals surface area contributed by atoms with Gasteiger partial charge in [0.05, 0.1) is 0 Å². The van der Waals surface area contributed by atoms with Gasteiger partial charge in [0.25, 0.3) is 0 Å². The molecule has 0 spiro atoms. The number of carboxylic acids is 2. The fourth-order valence-corrected chi connectivity index (χ4v) is 2.05. The molecule has 0 radical (unpaired) electrons. The number of hydrogen-bond donors (Lipinski definition) is 2. The minimum absolute atomic E-state index is 0.190. The van der Waals surface area contributed by atoms with E-state index < -0.39 is 48.6 Å².